The molecule has 0 radical (unpaired) electrons. The number of nitrogens with one attached hydrogen (secondary N) is 1. The molecule has 2 aromatic carbocycles. The van der Waals surface area contributed by atoms with Gasteiger partial charge in [0.1, 0.15) is 17.1 Å². The summed E-state index contributed by atoms with van der Waals surface area (Å²) in [6.45, 7) is 8.26. The second kappa shape index (κ2) is 8.45. The van der Waals surface area contributed by atoms with Crippen molar-refractivity contribution in [2.24, 2.45) is 0 Å². The van der Waals surface area contributed by atoms with E-state index in [-0.39, 0.29) is 0 Å². The van der Waals surface area contributed by atoms with Crippen LogP contribution in [0.4, 0.5) is 10.5 Å². The zero-order valence-electron chi connectivity index (χ0n) is 16.8. The van der Waals surface area contributed by atoms with E-state index in [0.717, 1.165) is 40.3 Å². The van der Waals surface area contributed by atoms with Crippen molar-refractivity contribution in [3.63, 3.8) is 0 Å². The lowest BCUT2D eigenvalue weighted by atomic mass is 9.93. The average Bonchev–Trinajstić information content (AvgIpc) is 2.61. The van der Waals surface area contributed by atoms with Gasteiger partial charge in [0.05, 0.1) is 12.3 Å². The first-order chi connectivity index (χ1) is 13.3. The third-order valence-electron chi connectivity index (χ3n) is 4.81. The second-order valence-corrected chi connectivity index (χ2v) is 9.18. The van der Waals surface area contributed by atoms with Gasteiger partial charge in [0.15, 0.2) is 4.90 Å². The van der Waals surface area contributed by atoms with Crippen LogP contribution in [-0.2, 0) is 21.5 Å². The van der Waals surface area contributed by atoms with Gasteiger partial charge < -0.3 is 14.0 Å². The van der Waals surface area contributed by atoms with Crippen molar-refractivity contribution >= 4 is 23.0 Å². The van der Waals surface area contributed by atoms with Crippen LogP contribution in [0.5, 0.6) is 5.75 Å². The summed E-state index contributed by atoms with van der Waals surface area (Å²) in [5, 5.41) is 2.74. The van der Waals surface area contributed by atoms with Crippen LogP contribution in [0.1, 0.15) is 43.4 Å². The molecule has 0 saturated carbocycles. The Morgan fingerprint density at radius 1 is 1.14 bits per heavy atom. The Bertz CT molecular complexity index is 848. The van der Waals surface area contributed by atoms with Crippen LogP contribution in [0, 0.1) is 13.8 Å². The summed E-state index contributed by atoms with van der Waals surface area (Å²) in [6.07, 6.45) is 1.21. The van der Waals surface area contributed by atoms with Gasteiger partial charge in [-0.25, -0.2) is 4.79 Å². The topological polar surface area (TPSA) is 70.6 Å². The molecule has 0 bridgehead atoms. The zero-order valence-corrected chi connectivity index (χ0v) is 17.7. The maximum Gasteiger partial charge on any atom is 0.412 e. The van der Waals surface area contributed by atoms with E-state index in [1.807, 2.05) is 64.1 Å². The molecule has 3 rings (SSSR count). The highest BCUT2D eigenvalue weighted by atomic mass is 32.2. The standard InChI is InChI=1S/C22H27NO4S/c1-15-7-9-17(10-8-15)28(25)12-6-5-11-26-20-14-18-19(13-16(20)2)23-21(24)27-22(18,3)4/h7-10,13-14H,5-6,11-12H2,1-4H3,(H,23,24). The Hall–Kier alpha value is -2.18. The van der Waals surface area contributed by atoms with E-state index in [1.54, 1.807) is 0 Å². The summed E-state index contributed by atoms with van der Waals surface area (Å²) in [7, 11) is 0. The van der Waals surface area contributed by atoms with Crippen LogP contribution in [0.25, 0.3) is 0 Å². The van der Waals surface area contributed by atoms with Crippen molar-refractivity contribution in [1.82, 2.24) is 0 Å². The Labute approximate surface area is 169 Å². The van der Waals surface area contributed by atoms with Gasteiger partial charge in [-0.15, -0.1) is 0 Å². The van der Waals surface area contributed by atoms with Crippen molar-refractivity contribution in [2.75, 3.05) is 17.7 Å². The van der Waals surface area contributed by atoms with Gasteiger partial charge in [0, 0.05) is 5.56 Å². The molecule has 1 amide bonds. The van der Waals surface area contributed by atoms with E-state index in [9.17, 15) is 9.35 Å². The molecule has 5 nitrogen and oxygen atoms in total. The van der Waals surface area contributed by atoms with Gasteiger partial charge in [-0.05, 0) is 81.5 Å². The van der Waals surface area contributed by atoms with E-state index in [1.165, 1.54) is 5.56 Å². The molecule has 0 aliphatic carbocycles. The maximum absolute atomic E-state index is 12.3. The lowest BCUT2D eigenvalue weighted by molar-refractivity contribution is 0.0418. The van der Waals surface area contributed by atoms with Gasteiger partial charge in [-0.3, -0.25) is 5.32 Å². The van der Waals surface area contributed by atoms with Crippen LogP contribution in [0.2, 0.25) is 0 Å². The third-order valence-corrected chi connectivity index (χ3v) is 6.27. The molecule has 1 heterocycles. The molecule has 0 aromatic heterocycles. The summed E-state index contributed by atoms with van der Waals surface area (Å²) in [4.78, 5) is 12.5. The summed E-state index contributed by atoms with van der Waals surface area (Å²) in [5.41, 5.74) is 3.09. The number of anilines is 1. The van der Waals surface area contributed by atoms with E-state index in [0.29, 0.717) is 12.4 Å². The molecule has 6 heteroatoms. The number of hydrogen-bond acceptors (Lipinski definition) is 4. The van der Waals surface area contributed by atoms with Crippen LogP contribution in [0.15, 0.2) is 41.3 Å². The summed E-state index contributed by atoms with van der Waals surface area (Å²) in [6, 6.07) is 11.7. The van der Waals surface area contributed by atoms with Crippen molar-refractivity contribution in [3.8, 4) is 5.75 Å². The summed E-state index contributed by atoms with van der Waals surface area (Å²) < 4.78 is 23.7. The highest BCUT2D eigenvalue weighted by Gasteiger charge is 2.34. The van der Waals surface area contributed by atoms with Crippen LogP contribution in [0.3, 0.4) is 0 Å². The molecule has 150 valence electrons. The molecule has 28 heavy (non-hydrogen) atoms. The Balaban J connectivity index is 1.52. The molecule has 1 aliphatic heterocycles. The molecule has 1 unspecified atom stereocenters. The van der Waals surface area contributed by atoms with E-state index < -0.39 is 22.9 Å². The molecule has 1 atom stereocenters. The molecule has 0 spiro atoms. The van der Waals surface area contributed by atoms with Gasteiger partial charge in [0.25, 0.3) is 0 Å². The third kappa shape index (κ3) is 4.80. The molecule has 1 N–H and O–H groups in total. The Morgan fingerprint density at radius 2 is 1.86 bits per heavy atom. The summed E-state index contributed by atoms with van der Waals surface area (Å²) in [5.74, 6) is 1.41. The first-order valence-electron chi connectivity index (χ1n) is 9.49. The van der Waals surface area contributed by atoms with Gasteiger partial charge >= 0.3 is 6.09 Å². The molecular weight excluding hydrogens is 374 g/mol. The fourth-order valence-electron chi connectivity index (χ4n) is 3.19. The minimum absolute atomic E-state index is 0.438. The SMILES string of the molecule is Cc1ccc([S+]([O-])CCCCOc2cc3c(cc2C)NC(=O)OC3(C)C)cc1. The highest BCUT2D eigenvalue weighted by molar-refractivity contribution is 7.91. The maximum atomic E-state index is 12.3. The first-order valence-corrected chi connectivity index (χ1v) is 10.8. The number of amides is 1. The number of carbonyl (C=O) groups is 1. The van der Waals surface area contributed by atoms with Crippen molar-refractivity contribution in [2.45, 2.75) is 51.0 Å². The molecular formula is C22H27NO4S. The van der Waals surface area contributed by atoms with Gasteiger partial charge in [-0.2, -0.15) is 0 Å². The van der Waals surface area contributed by atoms with Crippen molar-refractivity contribution in [1.29, 1.82) is 0 Å². The fraction of sp³-hybridized carbons (Fsp3) is 0.409. The molecule has 1 aliphatic rings. The molecule has 0 saturated heterocycles. The van der Waals surface area contributed by atoms with E-state index in [2.05, 4.69) is 5.32 Å². The number of carbonyl (C=O) groups excluding carboxylic acids is 1. The minimum atomic E-state index is -0.972. The predicted octanol–water partition coefficient (Wildman–Crippen LogP) is 5.07. The number of rotatable bonds is 7. The van der Waals surface area contributed by atoms with E-state index >= 15 is 0 Å². The lowest BCUT2D eigenvalue weighted by Crippen LogP contribution is -2.34. The van der Waals surface area contributed by atoms with Crippen molar-refractivity contribution in [3.05, 3.63) is 53.1 Å². The number of aryl methyl sites for hydroxylation is 2. The summed E-state index contributed by atoms with van der Waals surface area (Å²) >= 11 is -0.972. The predicted molar refractivity (Wildman–Crippen MR) is 111 cm³/mol. The minimum Gasteiger partial charge on any atom is -0.611 e. The number of cyclic esters (lactones) is 1. The first kappa shape index (κ1) is 20.6. The van der Waals surface area contributed by atoms with Crippen LogP contribution >= 0.6 is 0 Å². The zero-order chi connectivity index (χ0) is 20.3. The molecule has 0 fully saturated rings. The van der Waals surface area contributed by atoms with Gasteiger partial charge in [0.2, 0.25) is 0 Å². The van der Waals surface area contributed by atoms with Crippen molar-refractivity contribution < 1.29 is 18.8 Å². The van der Waals surface area contributed by atoms with Crippen LogP contribution < -0.4 is 10.1 Å². The number of hydrogen-bond donors (Lipinski definition) is 1. The number of unbranched alkanes of at least 4 members (excludes halogenated alkanes) is 1. The Kier molecular flexibility index (Phi) is 6.20. The van der Waals surface area contributed by atoms with Gasteiger partial charge in [-0.1, -0.05) is 17.7 Å². The highest BCUT2D eigenvalue weighted by Crippen LogP contribution is 2.39. The Morgan fingerprint density at radius 3 is 2.57 bits per heavy atom. The average molecular weight is 402 g/mol. The fourth-order valence-corrected chi connectivity index (χ4v) is 4.33. The monoisotopic (exact) mass is 401 g/mol. The molecule has 2 aromatic rings. The second-order valence-electron chi connectivity index (χ2n) is 7.61. The number of benzene rings is 2. The van der Waals surface area contributed by atoms with Crippen LogP contribution in [-0.4, -0.2) is 23.0 Å². The lowest BCUT2D eigenvalue weighted by Gasteiger charge is -2.33. The largest absolute Gasteiger partial charge is 0.611 e. The quantitative estimate of drug-likeness (QED) is 0.519. The number of fused-ring (bicyclic) bond motifs is 1. The smallest absolute Gasteiger partial charge is 0.412 e. The normalized spacial score (nSPS) is 16.0. The van der Waals surface area contributed by atoms with E-state index in [4.69, 9.17) is 9.47 Å². The number of ether oxygens (including phenoxy) is 2.